The summed E-state index contributed by atoms with van der Waals surface area (Å²) in [6, 6.07) is 6.98. The second-order valence-electron chi connectivity index (χ2n) is 9.54. The smallest absolute Gasteiger partial charge is 0.169 e. The maximum atomic E-state index is 3.74. The molecule has 0 unspecified atom stereocenters. The molecule has 1 aliphatic heterocycles. The van der Waals surface area contributed by atoms with Crippen molar-refractivity contribution in [3.05, 3.63) is 34.4 Å². The van der Waals surface area contributed by atoms with Gasteiger partial charge < -0.3 is 9.13 Å². The lowest BCUT2D eigenvalue weighted by molar-refractivity contribution is 0.256. The zero-order chi connectivity index (χ0) is 19.9. The van der Waals surface area contributed by atoms with Crippen molar-refractivity contribution >= 4 is 35.1 Å². The Hall–Kier alpha value is -0.583. The van der Waals surface area contributed by atoms with Crippen LogP contribution in [0.15, 0.2) is 28.9 Å². The lowest BCUT2D eigenvalue weighted by Crippen LogP contribution is -2.51. The molecule has 2 nitrogen and oxygen atoms in total. The molecule has 1 aromatic heterocycles. The van der Waals surface area contributed by atoms with Gasteiger partial charge in [-0.2, -0.15) is 0 Å². The minimum Gasteiger partial charge on any atom is -0.373 e. The van der Waals surface area contributed by atoms with Crippen LogP contribution in [0.25, 0.3) is 10.9 Å². The molecule has 1 aromatic carbocycles. The summed E-state index contributed by atoms with van der Waals surface area (Å²) in [4.78, 5) is 2.47. The molecule has 0 N–H and O–H groups in total. The molecule has 0 amide bonds. The number of likely N-dealkylation sites (tertiary alicyclic amines) is 1. The van der Waals surface area contributed by atoms with Crippen molar-refractivity contribution in [3.8, 4) is 0 Å². The first-order valence-corrected chi connectivity index (χ1v) is 13.7. The lowest BCUT2D eigenvalue weighted by atomic mass is 9.89. The van der Waals surface area contributed by atoms with Crippen molar-refractivity contribution in [2.75, 3.05) is 20.1 Å². The summed E-state index contributed by atoms with van der Waals surface area (Å²) in [6.45, 7) is 17.2. The Balaban J connectivity index is 2.24. The number of nitrogens with zero attached hydrogens (tertiary/aromatic N) is 2. The molecule has 0 spiro atoms. The van der Waals surface area contributed by atoms with Crippen molar-refractivity contribution in [1.82, 2.24) is 9.13 Å². The summed E-state index contributed by atoms with van der Waals surface area (Å²) in [5.41, 5.74) is 5.19. The van der Waals surface area contributed by atoms with E-state index in [4.69, 9.17) is 0 Å². The number of rotatable bonds is 5. The monoisotopic (exact) mass is 448 g/mol. The van der Waals surface area contributed by atoms with Crippen LogP contribution >= 0.6 is 15.9 Å². The van der Waals surface area contributed by atoms with Crippen LogP contribution in [-0.2, 0) is 0 Å². The summed E-state index contributed by atoms with van der Waals surface area (Å²) in [5, 5.41) is 1.48. The highest BCUT2D eigenvalue weighted by Crippen LogP contribution is 2.46. The number of aromatic nitrogens is 1. The van der Waals surface area contributed by atoms with Gasteiger partial charge in [0, 0.05) is 15.4 Å². The number of benzene rings is 1. The van der Waals surface area contributed by atoms with Gasteiger partial charge in [-0.1, -0.05) is 57.5 Å². The highest BCUT2D eigenvalue weighted by Gasteiger charge is 2.46. The zero-order valence-electron chi connectivity index (χ0n) is 18.2. The van der Waals surface area contributed by atoms with Crippen molar-refractivity contribution < 1.29 is 0 Å². The van der Waals surface area contributed by atoms with Crippen LogP contribution < -0.4 is 0 Å². The number of halogens is 1. The summed E-state index contributed by atoms with van der Waals surface area (Å²) < 4.78 is 4.01. The van der Waals surface area contributed by atoms with Gasteiger partial charge in [0.2, 0.25) is 0 Å². The molecule has 3 rings (SSSR count). The van der Waals surface area contributed by atoms with Crippen molar-refractivity contribution in [2.24, 2.45) is 0 Å². The summed E-state index contributed by atoms with van der Waals surface area (Å²) in [7, 11) is 0.503. The molecule has 1 fully saturated rings. The molecule has 4 heteroatoms. The predicted molar refractivity (Wildman–Crippen MR) is 126 cm³/mol. The largest absolute Gasteiger partial charge is 0.373 e. The Labute approximate surface area is 175 Å². The van der Waals surface area contributed by atoms with E-state index in [1.54, 1.807) is 5.56 Å². The second kappa shape index (κ2) is 8.04. The summed E-state index contributed by atoms with van der Waals surface area (Å²) in [5.74, 6) is 0.692. The van der Waals surface area contributed by atoms with Gasteiger partial charge in [0.25, 0.3) is 0 Å². The van der Waals surface area contributed by atoms with Gasteiger partial charge in [0.1, 0.15) is 0 Å². The fourth-order valence-electron chi connectivity index (χ4n) is 6.03. The Morgan fingerprint density at radius 1 is 0.963 bits per heavy atom. The third-order valence-electron chi connectivity index (χ3n) is 7.15. The van der Waals surface area contributed by atoms with Gasteiger partial charge >= 0.3 is 0 Å². The van der Waals surface area contributed by atoms with Crippen LogP contribution in [0.5, 0.6) is 0 Å². The lowest BCUT2D eigenvalue weighted by Gasteiger charge is -2.44. The summed E-state index contributed by atoms with van der Waals surface area (Å²) >= 11 is 3.74. The first kappa shape index (κ1) is 21.1. The fraction of sp³-hybridized carbons (Fsp3) is 0.652. The Morgan fingerprint density at radius 2 is 1.52 bits per heavy atom. The molecule has 0 radical (unpaired) electrons. The van der Waals surface area contributed by atoms with E-state index in [2.05, 4.69) is 98.0 Å². The van der Waals surface area contributed by atoms with E-state index in [0.717, 1.165) is 0 Å². The normalized spacial score (nSPS) is 17.7. The first-order chi connectivity index (χ1) is 12.7. The van der Waals surface area contributed by atoms with Crippen molar-refractivity contribution in [3.63, 3.8) is 0 Å². The van der Waals surface area contributed by atoms with Crippen molar-refractivity contribution in [1.29, 1.82) is 0 Å². The molecule has 1 aliphatic rings. The molecule has 0 aliphatic carbocycles. The Bertz CT molecular complexity index is 763. The molecule has 2 heterocycles. The molecule has 0 bridgehead atoms. The molecule has 2 aromatic rings. The van der Waals surface area contributed by atoms with E-state index in [1.165, 1.54) is 41.3 Å². The molecule has 0 saturated carbocycles. The minimum atomic E-state index is -1.75. The number of hydrogen-bond acceptors (Lipinski definition) is 1. The average Bonchev–Trinajstić information content (AvgIpc) is 2.94. The molecular weight excluding hydrogens is 412 g/mol. The number of hydrogen-bond donors (Lipinski definition) is 0. The van der Waals surface area contributed by atoms with E-state index in [1.807, 2.05) is 0 Å². The Morgan fingerprint density at radius 3 is 2.04 bits per heavy atom. The number of piperidine rings is 1. The number of fused-ring (bicyclic) bond motifs is 1. The van der Waals surface area contributed by atoms with Gasteiger partial charge in [-0.15, -0.1) is 0 Å². The highest BCUT2D eigenvalue weighted by atomic mass is 79.9. The highest BCUT2D eigenvalue weighted by molar-refractivity contribution is 9.10. The topological polar surface area (TPSA) is 8.17 Å². The molecule has 0 atom stereocenters. The van der Waals surface area contributed by atoms with E-state index in [-0.39, 0.29) is 0 Å². The predicted octanol–water partition coefficient (Wildman–Crippen LogP) is 7.24. The van der Waals surface area contributed by atoms with Crippen LogP contribution in [-0.4, -0.2) is 37.5 Å². The van der Waals surface area contributed by atoms with E-state index in [9.17, 15) is 0 Å². The van der Waals surface area contributed by atoms with Crippen LogP contribution in [0, 0.1) is 0 Å². The second-order valence-corrected chi connectivity index (χ2v) is 16.2. The van der Waals surface area contributed by atoms with E-state index < -0.39 is 8.24 Å². The van der Waals surface area contributed by atoms with Crippen LogP contribution in [0.4, 0.5) is 0 Å². The molecule has 1 saturated heterocycles. The third kappa shape index (κ3) is 3.58. The van der Waals surface area contributed by atoms with Gasteiger partial charge in [0.15, 0.2) is 8.24 Å². The van der Waals surface area contributed by atoms with Crippen molar-refractivity contribution in [2.45, 2.75) is 76.9 Å². The van der Waals surface area contributed by atoms with E-state index >= 15 is 0 Å². The Kier molecular flexibility index (Phi) is 6.29. The van der Waals surface area contributed by atoms with Gasteiger partial charge in [0.05, 0.1) is 0 Å². The zero-order valence-corrected chi connectivity index (χ0v) is 20.8. The maximum Gasteiger partial charge on any atom is 0.169 e. The maximum absolute atomic E-state index is 3.74. The molecular formula is C23H37BrN2Si. The van der Waals surface area contributed by atoms with Gasteiger partial charge in [-0.05, 0) is 85.5 Å². The quantitative estimate of drug-likeness (QED) is 0.437. The van der Waals surface area contributed by atoms with Crippen LogP contribution in [0.2, 0.25) is 16.6 Å². The molecule has 27 heavy (non-hydrogen) atoms. The fourth-order valence-corrected chi connectivity index (χ4v) is 13.0. The molecule has 150 valence electrons. The summed E-state index contributed by atoms with van der Waals surface area (Å²) in [6.07, 6.45) is 5.16. The van der Waals surface area contributed by atoms with E-state index in [0.29, 0.717) is 22.5 Å². The van der Waals surface area contributed by atoms with Crippen LogP contribution in [0.1, 0.15) is 65.9 Å². The SMILES string of the molecule is CC(C)[Si](C(C)C)(C(C)C)n1cc(C2CCN(C)CC2)c2cc(Br)ccc21. The van der Waals surface area contributed by atoms with Crippen LogP contribution in [0.3, 0.4) is 0 Å². The van der Waals surface area contributed by atoms with Gasteiger partial charge in [-0.3, -0.25) is 0 Å². The standard InChI is InChI=1S/C23H37BrN2Si/c1-16(2)27(17(3)4,18(5)6)26-15-22(19-10-12-25(7)13-11-19)21-14-20(24)8-9-23(21)26/h8-9,14-19H,10-13H2,1-7H3. The first-order valence-electron chi connectivity index (χ1n) is 10.7. The minimum absolute atomic E-state index is 0.692. The average molecular weight is 450 g/mol. The third-order valence-corrected chi connectivity index (χ3v) is 14.4. The van der Waals surface area contributed by atoms with Gasteiger partial charge in [-0.25, -0.2) is 0 Å².